The van der Waals surface area contributed by atoms with E-state index in [2.05, 4.69) is 5.10 Å². The van der Waals surface area contributed by atoms with E-state index in [0.29, 0.717) is 24.2 Å². The fraction of sp³-hybridized carbons (Fsp3) is 0.545. The molecular weight excluding hydrogens is 220 g/mol. The molecule has 6 heteroatoms. The van der Waals surface area contributed by atoms with Crippen molar-refractivity contribution < 1.29 is 9.53 Å². The minimum absolute atomic E-state index is 0.0520. The molecule has 2 N–H and O–H groups in total. The summed E-state index contributed by atoms with van der Waals surface area (Å²) in [6.45, 7) is 3.91. The van der Waals surface area contributed by atoms with Gasteiger partial charge in [0, 0.05) is 6.42 Å². The van der Waals surface area contributed by atoms with Crippen molar-refractivity contribution in [3.63, 3.8) is 0 Å². The number of carbonyl (C=O) groups excluding carboxylic acids is 1. The number of aromatic nitrogens is 2. The van der Waals surface area contributed by atoms with E-state index in [-0.39, 0.29) is 19.1 Å². The molecule has 1 aromatic rings. The van der Waals surface area contributed by atoms with Crippen molar-refractivity contribution in [3.05, 3.63) is 11.4 Å². The van der Waals surface area contributed by atoms with E-state index < -0.39 is 0 Å². The molecule has 0 atom stereocenters. The van der Waals surface area contributed by atoms with Gasteiger partial charge < -0.3 is 10.5 Å². The molecule has 6 nitrogen and oxygen atoms in total. The van der Waals surface area contributed by atoms with Crippen molar-refractivity contribution in [2.75, 3.05) is 12.3 Å². The van der Waals surface area contributed by atoms with Crippen LogP contribution in [-0.4, -0.2) is 22.4 Å². The molecule has 0 amide bonds. The summed E-state index contributed by atoms with van der Waals surface area (Å²) >= 11 is 0. The van der Waals surface area contributed by atoms with Gasteiger partial charge in [0.2, 0.25) is 0 Å². The lowest BCUT2D eigenvalue weighted by molar-refractivity contribution is -0.144. The summed E-state index contributed by atoms with van der Waals surface area (Å²) < 4.78 is 6.49. The summed E-state index contributed by atoms with van der Waals surface area (Å²) in [6.07, 6.45) is 0.946. The van der Waals surface area contributed by atoms with E-state index >= 15 is 0 Å². The molecule has 92 valence electrons. The summed E-state index contributed by atoms with van der Waals surface area (Å²) in [4.78, 5) is 11.4. The largest absolute Gasteiger partial charge is 0.464 e. The first kappa shape index (κ1) is 13.0. The Morgan fingerprint density at radius 1 is 1.59 bits per heavy atom. The Morgan fingerprint density at radius 3 is 2.82 bits per heavy atom. The second-order valence-electron chi connectivity index (χ2n) is 3.72. The van der Waals surface area contributed by atoms with Crippen molar-refractivity contribution in [2.45, 2.75) is 33.2 Å². The highest BCUT2D eigenvalue weighted by Crippen LogP contribution is 2.14. The second-order valence-corrected chi connectivity index (χ2v) is 3.72. The van der Waals surface area contributed by atoms with Crippen LogP contribution >= 0.6 is 0 Å². The number of anilines is 1. The fourth-order valence-corrected chi connectivity index (χ4v) is 1.37. The van der Waals surface area contributed by atoms with Gasteiger partial charge in [0.15, 0.2) is 0 Å². The van der Waals surface area contributed by atoms with Crippen molar-refractivity contribution in [1.29, 1.82) is 5.26 Å². The number of rotatable bonds is 5. The number of hydrogen-bond acceptors (Lipinski definition) is 5. The Kier molecular flexibility index (Phi) is 4.52. The molecule has 0 aliphatic carbocycles. The highest BCUT2D eigenvalue weighted by atomic mass is 16.5. The summed E-state index contributed by atoms with van der Waals surface area (Å²) in [6, 6.07) is 1.99. The Labute approximate surface area is 100.0 Å². The Morgan fingerprint density at radius 2 is 2.29 bits per heavy atom. The van der Waals surface area contributed by atoms with Crippen LogP contribution in [0.3, 0.4) is 0 Å². The van der Waals surface area contributed by atoms with Gasteiger partial charge in [0.1, 0.15) is 6.54 Å². The zero-order valence-corrected chi connectivity index (χ0v) is 10.1. The predicted octanol–water partition coefficient (Wildman–Crippen LogP) is 0.929. The summed E-state index contributed by atoms with van der Waals surface area (Å²) in [5.74, 6) is -0.367. The molecule has 0 radical (unpaired) electrons. The molecule has 17 heavy (non-hydrogen) atoms. The molecule has 1 heterocycles. The number of aryl methyl sites for hydroxylation is 1. The lowest BCUT2D eigenvalue weighted by Gasteiger charge is -2.05. The second kappa shape index (κ2) is 5.89. The molecule has 0 aromatic carbocycles. The van der Waals surface area contributed by atoms with E-state index in [4.69, 9.17) is 15.7 Å². The minimum atomic E-state index is -0.367. The maximum absolute atomic E-state index is 11.4. The highest BCUT2D eigenvalue weighted by Gasteiger charge is 2.11. The van der Waals surface area contributed by atoms with Crippen LogP contribution in [-0.2, 0) is 16.1 Å². The Hall–Kier alpha value is -2.03. The van der Waals surface area contributed by atoms with E-state index in [1.54, 1.807) is 13.8 Å². The lowest BCUT2D eigenvalue weighted by Crippen LogP contribution is -2.16. The van der Waals surface area contributed by atoms with Gasteiger partial charge >= 0.3 is 5.97 Å². The number of nitriles is 1. The van der Waals surface area contributed by atoms with Gasteiger partial charge in [-0.25, -0.2) is 0 Å². The average molecular weight is 236 g/mol. The van der Waals surface area contributed by atoms with E-state index in [1.807, 2.05) is 6.07 Å². The molecule has 0 saturated carbocycles. The molecule has 0 aliphatic heterocycles. The number of ether oxygens (including phenoxy) is 1. The van der Waals surface area contributed by atoms with E-state index in [9.17, 15) is 4.79 Å². The number of nitrogen functional groups attached to an aromatic ring is 1. The van der Waals surface area contributed by atoms with E-state index in [0.717, 1.165) is 5.69 Å². The van der Waals surface area contributed by atoms with Gasteiger partial charge in [-0.05, 0) is 20.3 Å². The third-order valence-corrected chi connectivity index (χ3v) is 2.41. The quantitative estimate of drug-likeness (QED) is 0.606. The molecule has 0 fully saturated rings. The average Bonchev–Trinajstić information content (AvgIpc) is 2.53. The van der Waals surface area contributed by atoms with Crippen molar-refractivity contribution >= 4 is 11.7 Å². The lowest BCUT2D eigenvalue weighted by atomic mass is 10.3. The van der Waals surface area contributed by atoms with Crippen LogP contribution < -0.4 is 5.73 Å². The number of esters is 1. The van der Waals surface area contributed by atoms with Crippen molar-refractivity contribution in [1.82, 2.24) is 9.78 Å². The first-order valence-corrected chi connectivity index (χ1v) is 5.38. The number of nitrogens with zero attached hydrogens (tertiary/aromatic N) is 3. The van der Waals surface area contributed by atoms with Crippen LogP contribution in [0.5, 0.6) is 0 Å². The van der Waals surface area contributed by atoms with Gasteiger partial charge in [-0.1, -0.05) is 0 Å². The van der Waals surface area contributed by atoms with Crippen LogP contribution in [0.25, 0.3) is 0 Å². The van der Waals surface area contributed by atoms with Crippen LogP contribution in [0.15, 0.2) is 0 Å². The normalized spacial score (nSPS) is 9.94. The molecule has 0 unspecified atom stereocenters. The summed E-state index contributed by atoms with van der Waals surface area (Å²) in [7, 11) is 0. The van der Waals surface area contributed by atoms with Gasteiger partial charge in [-0.15, -0.1) is 0 Å². The first-order valence-electron chi connectivity index (χ1n) is 5.38. The van der Waals surface area contributed by atoms with Gasteiger partial charge in [-0.3, -0.25) is 9.48 Å². The number of unbranched alkanes of at least 4 members (excludes halogenated alkanes) is 1. The molecule has 1 aromatic heterocycles. The van der Waals surface area contributed by atoms with Gasteiger partial charge in [-0.2, -0.15) is 10.4 Å². The Bertz CT molecular complexity index is 445. The predicted molar refractivity (Wildman–Crippen MR) is 61.9 cm³/mol. The number of nitrogens with two attached hydrogens (primary N) is 1. The zero-order chi connectivity index (χ0) is 12.8. The van der Waals surface area contributed by atoms with Crippen LogP contribution in [0.1, 0.15) is 24.2 Å². The molecule has 0 saturated heterocycles. The number of carbonyl (C=O) groups is 1. The maximum Gasteiger partial charge on any atom is 0.327 e. The summed E-state index contributed by atoms with van der Waals surface area (Å²) in [5.41, 5.74) is 7.81. The maximum atomic E-state index is 11.4. The molecule has 0 bridgehead atoms. The smallest absolute Gasteiger partial charge is 0.327 e. The minimum Gasteiger partial charge on any atom is -0.464 e. The third kappa shape index (κ3) is 3.48. The number of hydrogen-bond donors (Lipinski definition) is 1. The summed E-state index contributed by atoms with van der Waals surface area (Å²) in [5, 5.41) is 12.5. The molecule has 0 spiro atoms. The highest BCUT2D eigenvalue weighted by molar-refractivity contribution is 5.69. The standard InChI is InChI=1S/C11H16N4O2/c1-8-11(13)9(2)15(14-8)7-10(16)17-6-4-3-5-12/h3-4,6-7,13H2,1-2H3. The third-order valence-electron chi connectivity index (χ3n) is 2.41. The van der Waals surface area contributed by atoms with Crippen LogP contribution in [0.2, 0.25) is 0 Å². The van der Waals surface area contributed by atoms with Gasteiger partial charge in [0.05, 0.1) is 29.8 Å². The molecular formula is C11H16N4O2. The molecule has 0 aliphatic rings. The SMILES string of the molecule is Cc1nn(CC(=O)OCCCC#N)c(C)c1N. The first-order chi connectivity index (χ1) is 8.06. The van der Waals surface area contributed by atoms with Crippen LogP contribution in [0.4, 0.5) is 5.69 Å². The fourth-order valence-electron chi connectivity index (χ4n) is 1.37. The van der Waals surface area contributed by atoms with Crippen molar-refractivity contribution in [3.8, 4) is 6.07 Å². The van der Waals surface area contributed by atoms with Crippen molar-refractivity contribution in [2.24, 2.45) is 0 Å². The topological polar surface area (TPSA) is 93.9 Å². The Balaban J connectivity index is 2.46. The van der Waals surface area contributed by atoms with Crippen LogP contribution in [0, 0.1) is 25.2 Å². The zero-order valence-electron chi connectivity index (χ0n) is 10.1. The monoisotopic (exact) mass is 236 g/mol. The van der Waals surface area contributed by atoms with Gasteiger partial charge in [0.25, 0.3) is 0 Å². The van der Waals surface area contributed by atoms with E-state index in [1.165, 1.54) is 4.68 Å². The molecule has 1 rings (SSSR count).